The summed E-state index contributed by atoms with van der Waals surface area (Å²) in [6, 6.07) is 4.85. The Hall–Kier alpha value is -2.70. The zero-order valence-electron chi connectivity index (χ0n) is 8.36. The predicted octanol–water partition coefficient (Wildman–Crippen LogP) is 1.15. The van der Waals surface area contributed by atoms with Gasteiger partial charge >= 0.3 is 5.97 Å². The van der Waals surface area contributed by atoms with Gasteiger partial charge in [0.05, 0.1) is 4.92 Å². The number of carboxylic acid groups (broad SMARTS) is 1. The van der Waals surface area contributed by atoms with Crippen LogP contribution < -0.4 is 0 Å². The predicted molar refractivity (Wildman–Crippen MR) is 56.3 cm³/mol. The van der Waals surface area contributed by atoms with Gasteiger partial charge in [0.25, 0.3) is 11.5 Å². The highest BCUT2D eigenvalue weighted by Gasteiger charge is 2.12. The molecule has 7 nitrogen and oxygen atoms in total. The summed E-state index contributed by atoms with van der Waals surface area (Å²) in [7, 11) is 0. The van der Waals surface area contributed by atoms with Gasteiger partial charge in [0.1, 0.15) is 5.76 Å². The topological polar surface area (TPSA) is 118 Å². The number of hydrogen-bond acceptors (Lipinski definition) is 5. The molecule has 0 unspecified atom stereocenters. The number of aliphatic hydroxyl groups is 1. The number of benzene rings is 1. The number of rotatable bonds is 4. The molecule has 0 radical (unpaired) electrons. The van der Waals surface area contributed by atoms with Crippen molar-refractivity contribution in [2.24, 2.45) is 0 Å². The Morgan fingerprint density at radius 3 is 2.47 bits per heavy atom. The summed E-state index contributed by atoms with van der Waals surface area (Å²) in [5.74, 6) is -3.67. The number of carboxylic acids is 1. The van der Waals surface area contributed by atoms with E-state index in [0.717, 1.165) is 6.07 Å². The van der Waals surface area contributed by atoms with Crippen molar-refractivity contribution in [3.63, 3.8) is 0 Å². The number of carbonyl (C=O) groups is 2. The van der Waals surface area contributed by atoms with E-state index in [9.17, 15) is 24.8 Å². The Kier molecular flexibility index (Phi) is 3.55. The van der Waals surface area contributed by atoms with E-state index in [-0.39, 0.29) is 11.3 Å². The summed E-state index contributed by atoms with van der Waals surface area (Å²) in [6.45, 7) is 0. The van der Waals surface area contributed by atoms with E-state index in [2.05, 4.69) is 0 Å². The largest absolute Gasteiger partial charge is 0.507 e. The lowest BCUT2D eigenvalue weighted by molar-refractivity contribution is -0.384. The molecule has 0 fully saturated rings. The van der Waals surface area contributed by atoms with Gasteiger partial charge in [-0.3, -0.25) is 14.9 Å². The number of carbonyl (C=O) groups excluding carboxylic acids is 1. The number of aliphatic hydroxyl groups excluding tert-OH is 1. The van der Waals surface area contributed by atoms with Gasteiger partial charge in [-0.15, -0.1) is 0 Å². The summed E-state index contributed by atoms with van der Waals surface area (Å²) in [5.41, 5.74) is -0.279. The van der Waals surface area contributed by atoms with Crippen molar-refractivity contribution >= 4 is 23.2 Å². The van der Waals surface area contributed by atoms with Crippen molar-refractivity contribution in [1.29, 1.82) is 0 Å². The van der Waals surface area contributed by atoms with Crippen LogP contribution in [0.3, 0.4) is 0 Å². The molecule has 2 N–H and O–H groups in total. The number of ketones is 1. The lowest BCUT2D eigenvalue weighted by atomic mass is 10.1. The molecule has 0 aliphatic carbocycles. The number of nitro benzene ring substituents is 1. The molecule has 0 amide bonds. The SMILES string of the molecule is O=C(O)C(=O)C=C(O)c1cccc([N+](=O)[O-])c1. The molecule has 17 heavy (non-hydrogen) atoms. The Balaban J connectivity index is 3.08. The maximum Gasteiger partial charge on any atom is 0.376 e. The Bertz CT molecular complexity index is 519. The van der Waals surface area contributed by atoms with Crippen molar-refractivity contribution in [3.05, 3.63) is 46.0 Å². The molecule has 0 aliphatic heterocycles. The number of aliphatic carboxylic acids is 1. The van der Waals surface area contributed by atoms with E-state index >= 15 is 0 Å². The van der Waals surface area contributed by atoms with Gasteiger partial charge in [-0.05, 0) is 0 Å². The third-order valence-electron chi connectivity index (χ3n) is 1.83. The maximum atomic E-state index is 10.8. The van der Waals surface area contributed by atoms with E-state index in [0.29, 0.717) is 6.08 Å². The van der Waals surface area contributed by atoms with Crippen molar-refractivity contribution in [2.75, 3.05) is 0 Å². The number of non-ortho nitro benzene ring substituents is 1. The quantitative estimate of drug-likeness (QED) is 0.266. The molecule has 0 saturated heterocycles. The molecular formula is C10H7NO6. The lowest BCUT2D eigenvalue weighted by Gasteiger charge is -1.99. The second kappa shape index (κ2) is 4.88. The molecule has 0 heterocycles. The molecule has 1 aromatic carbocycles. The average Bonchev–Trinajstić information content (AvgIpc) is 2.28. The normalized spacial score (nSPS) is 10.9. The third kappa shape index (κ3) is 3.13. The zero-order chi connectivity index (χ0) is 13.0. The van der Waals surface area contributed by atoms with Crippen LogP contribution in [0.2, 0.25) is 0 Å². The summed E-state index contributed by atoms with van der Waals surface area (Å²) >= 11 is 0. The van der Waals surface area contributed by atoms with E-state index in [1.807, 2.05) is 0 Å². The minimum Gasteiger partial charge on any atom is -0.507 e. The highest BCUT2D eigenvalue weighted by Crippen LogP contribution is 2.18. The smallest absolute Gasteiger partial charge is 0.376 e. The minimum atomic E-state index is -1.72. The van der Waals surface area contributed by atoms with Crippen molar-refractivity contribution in [2.45, 2.75) is 0 Å². The second-order valence-corrected chi connectivity index (χ2v) is 3.01. The van der Waals surface area contributed by atoms with Gasteiger partial charge in [0, 0.05) is 23.8 Å². The van der Waals surface area contributed by atoms with Gasteiger partial charge in [-0.1, -0.05) is 12.1 Å². The molecule has 0 bridgehead atoms. The van der Waals surface area contributed by atoms with E-state index in [4.69, 9.17) is 5.11 Å². The van der Waals surface area contributed by atoms with E-state index in [1.165, 1.54) is 18.2 Å². The average molecular weight is 237 g/mol. The molecule has 1 aromatic rings. The van der Waals surface area contributed by atoms with E-state index < -0.39 is 22.4 Å². The molecule has 0 aromatic heterocycles. The molecular weight excluding hydrogens is 230 g/mol. The zero-order valence-corrected chi connectivity index (χ0v) is 8.36. The minimum absolute atomic E-state index is 0.00574. The molecule has 7 heteroatoms. The molecule has 0 spiro atoms. The molecule has 0 aliphatic rings. The van der Waals surface area contributed by atoms with Crippen molar-refractivity contribution in [1.82, 2.24) is 0 Å². The second-order valence-electron chi connectivity index (χ2n) is 3.01. The molecule has 0 atom stereocenters. The summed E-state index contributed by atoms with van der Waals surface area (Å²) < 4.78 is 0. The van der Waals surface area contributed by atoms with Crippen LogP contribution in [-0.2, 0) is 9.59 Å². The lowest BCUT2D eigenvalue weighted by Crippen LogP contribution is -2.09. The molecule has 88 valence electrons. The Morgan fingerprint density at radius 2 is 1.94 bits per heavy atom. The first kappa shape index (κ1) is 12.4. The van der Waals surface area contributed by atoms with Gasteiger partial charge < -0.3 is 10.2 Å². The fourth-order valence-electron chi connectivity index (χ4n) is 1.05. The van der Waals surface area contributed by atoms with Crippen LogP contribution in [0.5, 0.6) is 0 Å². The number of nitrogens with zero attached hydrogens (tertiary/aromatic N) is 1. The first-order chi connectivity index (χ1) is 7.91. The van der Waals surface area contributed by atoms with Gasteiger partial charge in [-0.2, -0.15) is 0 Å². The van der Waals surface area contributed by atoms with Crippen LogP contribution in [-0.4, -0.2) is 26.9 Å². The summed E-state index contributed by atoms with van der Waals surface area (Å²) in [6.07, 6.45) is 0.487. The van der Waals surface area contributed by atoms with Crippen LogP contribution in [0.1, 0.15) is 5.56 Å². The van der Waals surface area contributed by atoms with E-state index in [1.54, 1.807) is 0 Å². The summed E-state index contributed by atoms with van der Waals surface area (Å²) in [4.78, 5) is 30.8. The fraction of sp³-hybridized carbons (Fsp3) is 0. The van der Waals surface area contributed by atoms with Gasteiger partial charge in [-0.25, -0.2) is 4.79 Å². The van der Waals surface area contributed by atoms with Crippen LogP contribution in [0.25, 0.3) is 5.76 Å². The van der Waals surface area contributed by atoms with Crippen LogP contribution in [0.15, 0.2) is 30.3 Å². The highest BCUT2D eigenvalue weighted by molar-refractivity contribution is 6.38. The van der Waals surface area contributed by atoms with Crippen molar-refractivity contribution in [3.8, 4) is 0 Å². The summed E-state index contributed by atoms with van der Waals surface area (Å²) in [5, 5.41) is 28.2. The van der Waals surface area contributed by atoms with Crippen LogP contribution in [0.4, 0.5) is 5.69 Å². The standard InChI is InChI=1S/C10H7NO6/c12-8(5-9(13)10(14)15)6-2-1-3-7(4-6)11(16)17/h1-5,12H,(H,14,15). The highest BCUT2D eigenvalue weighted by atomic mass is 16.6. The first-order valence-electron chi connectivity index (χ1n) is 4.34. The fourth-order valence-corrected chi connectivity index (χ4v) is 1.05. The third-order valence-corrected chi connectivity index (χ3v) is 1.83. The monoisotopic (exact) mass is 237 g/mol. The van der Waals surface area contributed by atoms with Gasteiger partial charge in [0.15, 0.2) is 0 Å². The number of hydrogen-bond donors (Lipinski definition) is 2. The first-order valence-corrected chi connectivity index (χ1v) is 4.34. The molecule has 0 saturated carbocycles. The van der Waals surface area contributed by atoms with Crippen LogP contribution >= 0.6 is 0 Å². The van der Waals surface area contributed by atoms with Gasteiger partial charge in [0.2, 0.25) is 0 Å². The molecule has 1 rings (SSSR count). The maximum absolute atomic E-state index is 10.8. The van der Waals surface area contributed by atoms with Crippen LogP contribution in [0, 0.1) is 10.1 Å². The Labute approximate surface area is 94.8 Å². The Morgan fingerprint density at radius 1 is 1.29 bits per heavy atom. The number of nitro groups is 1. The van der Waals surface area contributed by atoms with Crippen molar-refractivity contribution < 1.29 is 24.7 Å².